The molecule has 1 rings (SSSR count). The molecule has 2 atom stereocenters. The zero-order chi connectivity index (χ0) is 13.5. The molecule has 0 saturated heterocycles. The molecule has 2 unspecified atom stereocenters. The van der Waals surface area contributed by atoms with Crippen LogP contribution in [0.15, 0.2) is 43.0 Å². The zero-order valence-electron chi connectivity index (χ0n) is 10.5. The van der Waals surface area contributed by atoms with Crippen LogP contribution >= 0.6 is 0 Å². The Hall–Kier alpha value is -1.65. The fourth-order valence-electron chi connectivity index (χ4n) is 1.94. The van der Waals surface area contributed by atoms with E-state index in [-0.39, 0.29) is 19.1 Å². The van der Waals surface area contributed by atoms with E-state index in [4.69, 9.17) is 5.11 Å². The minimum Gasteiger partial charge on any atom is -0.480 e. The van der Waals surface area contributed by atoms with Gasteiger partial charge in [-0.3, -0.25) is 9.69 Å². The van der Waals surface area contributed by atoms with Crippen molar-refractivity contribution < 1.29 is 15.0 Å². The second-order valence-electron chi connectivity index (χ2n) is 4.26. The summed E-state index contributed by atoms with van der Waals surface area (Å²) in [5, 5.41) is 18.4. The number of hydrogen-bond acceptors (Lipinski definition) is 3. The van der Waals surface area contributed by atoms with Crippen LogP contribution in [0.5, 0.6) is 0 Å². The molecule has 0 bridgehead atoms. The summed E-state index contributed by atoms with van der Waals surface area (Å²) >= 11 is 0. The normalized spacial score (nSPS) is 14.2. The summed E-state index contributed by atoms with van der Waals surface area (Å²) in [7, 11) is 0. The Morgan fingerprint density at radius 1 is 1.44 bits per heavy atom. The molecule has 0 aliphatic carbocycles. The van der Waals surface area contributed by atoms with E-state index in [0.717, 1.165) is 5.56 Å². The van der Waals surface area contributed by atoms with Crippen LogP contribution in [0.2, 0.25) is 0 Å². The lowest BCUT2D eigenvalue weighted by molar-refractivity contribution is -0.139. The van der Waals surface area contributed by atoms with Crippen LogP contribution in [0.3, 0.4) is 0 Å². The summed E-state index contributed by atoms with van der Waals surface area (Å²) in [6, 6.07) is 9.32. The lowest BCUT2D eigenvalue weighted by atomic mass is 10.0. The molecule has 98 valence electrons. The van der Waals surface area contributed by atoms with Crippen LogP contribution in [-0.4, -0.2) is 40.3 Å². The van der Waals surface area contributed by atoms with Gasteiger partial charge in [0.25, 0.3) is 0 Å². The van der Waals surface area contributed by atoms with Crippen LogP contribution in [0, 0.1) is 0 Å². The van der Waals surface area contributed by atoms with E-state index in [9.17, 15) is 9.90 Å². The standard InChI is InChI=1S/C14H19NO3/c1-3-13(12-7-5-4-6-8-12)15(9-11(2)16)10-14(17)18/h3-8,11,13,16H,1,9-10H2,2H3,(H,17,18). The maximum Gasteiger partial charge on any atom is 0.317 e. The second kappa shape index (κ2) is 6.93. The topological polar surface area (TPSA) is 60.8 Å². The van der Waals surface area contributed by atoms with Gasteiger partial charge in [-0.15, -0.1) is 6.58 Å². The van der Waals surface area contributed by atoms with E-state index in [1.165, 1.54) is 0 Å². The number of aliphatic hydroxyl groups excluding tert-OH is 1. The summed E-state index contributed by atoms with van der Waals surface area (Å²) < 4.78 is 0. The fraction of sp³-hybridized carbons (Fsp3) is 0.357. The van der Waals surface area contributed by atoms with Gasteiger partial charge in [-0.25, -0.2) is 0 Å². The maximum atomic E-state index is 10.9. The van der Waals surface area contributed by atoms with Crippen LogP contribution < -0.4 is 0 Å². The van der Waals surface area contributed by atoms with Crippen molar-refractivity contribution in [2.24, 2.45) is 0 Å². The highest BCUT2D eigenvalue weighted by Crippen LogP contribution is 2.21. The molecule has 2 N–H and O–H groups in total. The molecule has 1 aromatic carbocycles. The predicted molar refractivity (Wildman–Crippen MR) is 70.3 cm³/mol. The molecule has 18 heavy (non-hydrogen) atoms. The van der Waals surface area contributed by atoms with Crippen LogP contribution in [0.4, 0.5) is 0 Å². The highest BCUT2D eigenvalue weighted by atomic mass is 16.4. The van der Waals surface area contributed by atoms with E-state index in [1.807, 2.05) is 30.3 Å². The number of carbonyl (C=O) groups is 1. The molecule has 0 saturated carbocycles. The summed E-state index contributed by atoms with van der Waals surface area (Å²) in [5.41, 5.74) is 0.967. The van der Waals surface area contributed by atoms with E-state index in [1.54, 1.807) is 17.9 Å². The molecular weight excluding hydrogens is 230 g/mol. The first-order valence-electron chi connectivity index (χ1n) is 5.86. The Morgan fingerprint density at radius 2 is 2.06 bits per heavy atom. The average molecular weight is 249 g/mol. The molecule has 0 radical (unpaired) electrons. The van der Waals surface area contributed by atoms with Gasteiger partial charge in [-0.05, 0) is 12.5 Å². The second-order valence-corrected chi connectivity index (χ2v) is 4.26. The number of carboxylic acid groups (broad SMARTS) is 1. The smallest absolute Gasteiger partial charge is 0.317 e. The highest BCUT2D eigenvalue weighted by Gasteiger charge is 2.21. The lowest BCUT2D eigenvalue weighted by Gasteiger charge is -2.29. The average Bonchev–Trinajstić information content (AvgIpc) is 2.29. The van der Waals surface area contributed by atoms with Gasteiger partial charge in [-0.2, -0.15) is 0 Å². The first-order chi connectivity index (χ1) is 8.54. The number of rotatable bonds is 7. The van der Waals surface area contributed by atoms with Gasteiger partial charge in [0.05, 0.1) is 18.7 Å². The van der Waals surface area contributed by atoms with Gasteiger partial charge in [0.2, 0.25) is 0 Å². The quantitative estimate of drug-likeness (QED) is 0.722. The SMILES string of the molecule is C=CC(c1ccccc1)N(CC(=O)O)CC(C)O. The monoisotopic (exact) mass is 249 g/mol. The number of carboxylic acids is 1. The first-order valence-corrected chi connectivity index (χ1v) is 5.86. The van der Waals surface area contributed by atoms with Gasteiger partial charge in [0, 0.05) is 6.54 Å². The molecule has 4 nitrogen and oxygen atoms in total. The van der Waals surface area contributed by atoms with Gasteiger partial charge in [0.15, 0.2) is 0 Å². The van der Waals surface area contributed by atoms with Crippen molar-refractivity contribution in [1.82, 2.24) is 4.90 Å². The highest BCUT2D eigenvalue weighted by molar-refractivity contribution is 5.69. The number of benzene rings is 1. The van der Waals surface area contributed by atoms with Crippen LogP contribution in [-0.2, 0) is 4.79 Å². The number of nitrogens with zero attached hydrogens (tertiary/aromatic N) is 1. The van der Waals surface area contributed by atoms with Crippen LogP contribution in [0.1, 0.15) is 18.5 Å². The number of hydrogen-bond donors (Lipinski definition) is 2. The van der Waals surface area contributed by atoms with E-state index < -0.39 is 12.1 Å². The number of aliphatic hydroxyl groups is 1. The first kappa shape index (κ1) is 14.4. The van der Waals surface area contributed by atoms with Crippen LogP contribution in [0.25, 0.3) is 0 Å². The van der Waals surface area contributed by atoms with E-state index >= 15 is 0 Å². The Morgan fingerprint density at radius 3 is 2.50 bits per heavy atom. The van der Waals surface area contributed by atoms with E-state index in [0.29, 0.717) is 0 Å². The Labute approximate surface area is 107 Å². The fourth-order valence-corrected chi connectivity index (χ4v) is 1.94. The van der Waals surface area contributed by atoms with Crippen molar-refractivity contribution in [3.8, 4) is 0 Å². The minimum atomic E-state index is -0.918. The van der Waals surface area contributed by atoms with Crippen molar-refractivity contribution in [1.29, 1.82) is 0 Å². The van der Waals surface area contributed by atoms with Gasteiger partial charge in [0.1, 0.15) is 0 Å². The number of aliphatic carboxylic acids is 1. The summed E-state index contributed by atoms with van der Waals surface area (Å²) in [4.78, 5) is 12.6. The molecule has 0 aliphatic rings. The predicted octanol–water partition coefficient (Wildman–Crippen LogP) is 1.68. The third kappa shape index (κ3) is 4.31. The zero-order valence-corrected chi connectivity index (χ0v) is 10.5. The van der Waals surface area contributed by atoms with Crippen molar-refractivity contribution in [3.63, 3.8) is 0 Å². The van der Waals surface area contributed by atoms with Gasteiger partial charge < -0.3 is 10.2 Å². The van der Waals surface area contributed by atoms with Crippen molar-refractivity contribution in [2.75, 3.05) is 13.1 Å². The maximum absolute atomic E-state index is 10.9. The molecule has 4 heteroatoms. The molecule has 1 aromatic rings. The Balaban J connectivity index is 2.92. The van der Waals surface area contributed by atoms with Gasteiger partial charge >= 0.3 is 5.97 Å². The third-order valence-electron chi connectivity index (χ3n) is 2.59. The molecule has 0 aromatic heterocycles. The van der Waals surface area contributed by atoms with Crippen molar-refractivity contribution in [2.45, 2.75) is 19.1 Å². The lowest BCUT2D eigenvalue weighted by Crippen LogP contribution is -2.37. The van der Waals surface area contributed by atoms with Crippen molar-refractivity contribution in [3.05, 3.63) is 48.6 Å². The molecule has 0 spiro atoms. The third-order valence-corrected chi connectivity index (χ3v) is 2.59. The molecule has 0 amide bonds. The molecular formula is C14H19NO3. The molecule has 0 fully saturated rings. The Bertz CT molecular complexity index is 389. The van der Waals surface area contributed by atoms with Crippen molar-refractivity contribution >= 4 is 5.97 Å². The summed E-state index contributed by atoms with van der Waals surface area (Å²) in [6.07, 6.45) is 1.11. The largest absolute Gasteiger partial charge is 0.480 e. The summed E-state index contributed by atoms with van der Waals surface area (Å²) in [6.45, 7) is 5.56. The Kier molecular flexibility index (Phi) is 5.55. The van der Waals surface area contributed by atoms with E-state index in [2.05, 4.69) is 6.58 Å². The minimum absolute atomic E-state index is 0.128. The molecule has 0 aliphatic heterocycles. The molecule has 0 heterocycles. The summed E-state index contributed by atoms with van der Waals surface area (Å²) in [5.74, 6) is -0.918. The van der Waals surface area contributed by atoms with Gasteiger partial charge in [-0.1, -0.05) is 36.4 Å².